The van der Waals surface area contributed by atoms with E-state index in [1.807, 2.05) is 13.8 Å². The van der Waals surface area contributed by atoms with Gasteiger partial charge in [0.05, 0.1) is 19.3 Å². The molecule has 2 atom stereocenters. The van der Waals surface area contributed by atoms with Crippen LogP contribution in [0.15, 0.2) is 17.9 Å². The van der Waals surface area contributed by atoms with E-state index in [1.165, 1.54) is 5.57 Å². The molecule has 3 N–H and O–H groups in total. The maximum atomic E-state index is 11.5. The van der Waals surface area contributed by atoms with Crippen LogP contribution in [0.2, 0.25) is 0 Å². The van der Waals surface area contributed by atoms with Crippen LogP contribution in [0.25, 0.3) is 0 Å². The van der Waals surface area contributed by atoms with E-state index < -0.39 is 22.1 Å². The van der Waals surface area contributed by atoms with Crippen molar-refractivity contribution in [3.63, 3.8) is 0 Å². The van der Waals surface area contributed by atoms with E-state index >= 15 is 0 Å². The van der Waals surface area contributed by atoms with Crippen molar-refractivity contribution in [2.45, 2.75) is 72.5 Å². The summed E-state index contributed by atoms with van der Waals surface area (Å²) in [6.07, 6.45) is 2.27. The molecule has 0 saturated heterocycles. The highest BCUT2D eigenvalue weighted by Crippen LogP contribution is 2.27. The average Bonchev–Trinajstić information content (AvgIpc) is 2.48. The van der Waals surface area contributed by atoms with E-state index in [4.69, 9.17) is 8.92 Å². The van der Waals surface area contributed by atoms with Gasteiger partial charge in [-0.1, -0.05) is 33.8 Å². The fourth-order valence-corrected chi connectivity index (χ4v) is 2.96. The standard InChI is InChI=1S/C18H34O5S.H3N/c1-9-11-17(16(10-2)12-14(3)4)13-22-18(6,7)15(5)23-24(19,20)21-8;/h14-15,17H,2,9,11-13H2,1,3-8H3;1H3. The lowest BCUT2D eigenvalue weighted by Crippen LogP contribution is -2.41. The molecular formula is C18H37NO5S. The smallest absolute Gasteiger partial charge is 0.372 e. The van der Waals surface area contributed by atoms with Crippen LogP contribution in [0.4, 0.5) is 0 Å². The molecule has 0 fully saturated rings. The van der Waals surface area contributed by atoms with Gasteiger partial charge < -0.3 is 10.9 Å². The first-order valence-corrected chi connectivity index (χ1v) is 9.84. The first-order valence-electron chi connectivity index (χ1n) is 8.50. The van der Waals surface area contributed by atoms with Crippen molar-refractivity contribution in [2.75, 3.05) is 13.7 Å². The van der Waals surface area contributed by atoms with Crippen LogP contribution in [0.5, 0.6) is 0 Å². The van der Waals surface area contributed by atoms with Gasteiger partial charge in [0.25, 0.3) is 0 Å². The van der Waals surface area contributed by atoms with E-state index in [1.54, 1.807) is 6.92 Å². The summed E-state index contributed by atoms with van der Waals surface area (Å²) in [4.78, 5) is 0. The predicted molar refractivity (Wildman–Crippen MR) is 102 cm³/mol. The molecule has 0 aliphatic heterocycles. The molecule has 0 aromatic carbocycles. The molecular weight excluding hydrogens is 342 g/mol. The van der Waals surface area contributed by atoms with Crippen molar-refractivity contribution in [1.29, 1.82) is 0 Å². The van der Waals surface area contributed by atoms with Crippen LogP contribution in [0.1, 0.15) is 60.8 Å². The van der Waals surface area contributed by atoms with Gasteiger partial charge in [0, 0.05) is 5.92 Å². The molecule has 0 aromatic heterocycles. The first kappa shape index (κ1) is 26.5. The van der Waals surface area contributed by atoms with Gasteiger partial charge in [-0.05, 0) is 45.1 Å². The number of rotatable bonds is 12. The molecule has 0 saturated carbocycles. The molecule has 0 amide bonds. The SMILES string of the molecule is C=C=C(CC(C)C)C(CCC)COC(C)(C)C(C)OS(=O)(=O)OC.N. The largest absolute Gasteiger partial charge is 0.399 e. The van der Waals surface area contributed by atoms with Crippen molar-refractivity contribution in [2.24, 2.45) is 11.8 Å². The van der Waals surface area contributed by atoms with Gasteiger partial charge in [-0.3, -0.25) is 4.18 Å². The summed E-state index contributed by atoms with van der Waals surface area (Å²) >= 11 is 0. The molecule has 0 spiro atoms. The molecule has 0 radical (unpaired) electrons. The molecule has 0 aromatic rings. The number of hydrogen-bond acceptors (Lipinski definition) is 6. The summed E-state index contributed by atoms with van der Waals surface area (Å²) in [6, 6.07) is 0. The summed E-state index contributed by atoms with van der Waals surface area (Å²) in [5.74, 6) is 0.746. The van der Waals surface area contributed by atoms with E-state index in [-0.39, 0.29) is 12.1 Å². The van der Waals surface area contributed by atoms with Gasteiger partial charge >= 0.3 is 10.4 Å². The van der Waals surface area contributed by atoms with Gasteiger partial charge in [0.15, 0.2) is 0 Å². The first-order chi connectivity index (χ1) is 11.0. The lowest BCUT2D eigenvalue weighted by atomic mass is 9.89. The molecule has 6 nitrogen and oxygen atoms in total. The minimum Gasteiger partial charge on any atom is -0.372 e. The Balaban J connectivity index is 0. The highest BCUT2D eigenvalue weighted by molar-refractivity contribution is 7.81. The lowest BCUT2D eigenvalue weighted by Gasteiger charge is -2.33. The van der Waals surface area contributed by atoms with Crippen LogP contribution in [-0.4, -0.2) is 33.8 Å². The Kier molecular flexibility index (Phi) is 12.6. The fraction of sp³-hybridized carbons (Fsp3) is 0.833. The summed E-state index contributed by atoms with van der Waals surface area (Å²) in [5.41, 5.74) is 3.46. The second kappa shape index (κ2) is 11.8. The summed E-state index contributed by atoms with van der Waals surface area (Å²) in [7, 11) is -2.93. The van der Waals surface area contributed by atoms with Crippen molar-refractivity contribution < 1.29 is 21.5 Å². The molecule has 0 bridgehead atoms. The Bertz CT molecular complexity index is 522. The zero-order chi connectivity index (χ0) is 19.0. The highest BCUT2D eigenvalue weighted by atomic mass is 32.3. The Hall–Kier alpha value is -0.690. The van der Waals surface area contributed by atoms with Crippen LogP contribution < -0.4 is 6.15 Å². The summed E-state index contributed by atoms with van der Waals surface area (Å²) in [6.45, 7) is 16.0. The maximum absolute atomic E-state index is 11.5. The third kappa shape index (κ3) is 10.1. The van der Waals surface area contributed by atoms with Crippen LogP contribution >= 0.6 is 0 Å². The summed E-state index contributed by atoms with van der Waals surface area (Å²) in [5, 5.41) is 0. The molecule has 25 heavy (non-hydrogen) atoms. The second-order valence-electron chi connectivity index (χ2n) is 7.01. The monoisotopic (exact) mass is 379 g/mol. The summed E-state index contributed by atoms with van der Waals surface area (Å²) < 4.78 is 38.3. The molecule has 0 aliphatic carbocycles. The van der Waals surface area contributed by atoms with Gasteiger partial charge in [0.1, 0.15) is 6.10 Å². The van der Waals surface area contributed by atoms with E-state index in [0.29, 0.717) is 12.5 Å². The molecule has 150 valence electrons. The third-order valence-corrected chi connectivity index (χ3v) is 5.02. The molecule has 2 unspecified atom stereocenters. The Labute approximate surface area is 154 Å². The average molecular weight is 380 g/mol. The zero-order valence-corrected chi connectivity index (χ0v) is 17.7. The quantitative estimate of drug-likeness (QED) is 0.504. The molecule has 0 heterocycles. The van der Waals surface area contributed by atoms with Crippen molar-refractivity contribution in [3.05, 3.63) is 17.9 Å². The predicted octanol–water partition coefficient (Wildman–Crippen LogP) is 4.41. The normalized spacial score (nSPS) is 14.6. The molecule has 0 aliphatic rings. The minimum atomic E-state index is -4.00. The topological polar surface area (TPSA) is 96.8 Å². The van der Waals surface area contributed by atoms with Gasteiger partial charge in [-0.2, -0.15) is 8.42 Å². The number of hydrogen-bond donors (Lipinski definition) is 1. The van der Waals surface area contributed by atoms with Crippen molar-refractivity contribution in [3.8, 4) is 0 Å². The maximum Gasteiger partial charge on any atom is 0.399 e. The zero-order valence-electron chi connectivity index (χ0n) is 16.9. The Morgan fingerprint density at radius 3 is 2.20 bits per heavy atom. The highest BCUT2D eigenvalue weighted by Gasteiger charge is 2.33. The molecule has 7 heteroatoms. The van der Waals surface area contributed by atoms with Gasteiger partial charge in [0.2, 0.25) is 0 Å². The van der Waals surface area contributed by atoms with E-state index in [0.717, 1.165) is 26.4 Å². The van der Waals surface area contributed by atoms with Crippen LogP contribution in [0, 0.1) is 11.8 Å². The Morgan fingerprint density at radius 2 is 1.80 bits per heavy atom. The number of ether oxygens (including phenoxy) is 1. The Morgan fingerprint density at radius 1 is 1.24 bits per heavy atom. The van der Waals surface area contributed by atoms with Crippen molar-refractivity contribution >= 4 is 10.4 Å². The third-order valence-electron chi connectivity index (χ3n) is 4.09. The van der Waals surface area contributed by atoms with Gasteiger partial charge in [-0.25, -0.2) is 4.18 Å². The minimum absolute atomic E-state index is 0. The second-order valence-corrected chi connectivity index (χ2v) is 8.36. The molecule has 0 rings (SSSR count). The van der Waals surface area contributed by atoms with Crippen LogP contribution in [0.3, 0.4) is 0 Å². The lowest BCUT2D eigenvalue weighted by molar-refractivity contribution is -0.0937. The van der Waals surface area contributed by atoms with E-state index in [9.17, 15) is 8.42 Å². The van der Waals surface area contributed by atoms with Gasteiger partial charge in [-0.15, -0.1) is 5.73 Å². The van der Waals surface area contributed by atoms with Crippen LogP contribution in [-0.2, 0) is 23.5 Å². The van der Waals surface area contributed by atoms with Crippen molar-refractivity contribution in [1.82, 2.24) is 6.15 Å². The fourth-order valence-electron chi connectivity index (χ4n) is 2.29. The van der Waals surface area contributed by atoms with E-state index in [2.05, 4.69) is 37.3 Å².